The molecule has 20 heavy (non-hydrogen) atoms. The van der Waals surface area contributed by atoms with Gasteiger partial charge in [-0.2, -0.15) is 5.10 Å². The van der Waals surface area contributed by atoms with Gasteiger partial charge in [0.1, 0.15) is 0 Å². The molecular weight excluding hydrogens is 254 g/mol. The van der Waals surface area contributed by atoms with Crippen LogP contribution in [0.3, 0.4) is 0 Å². The van der Waals surface area contributed by atoms with Gasteiger partial charge in [-0.15, -0.1) is 0 Å². The van der Waals surface area contributed by atoms with Crippen molar-refractivity contribution in [1.29, 1.82) is 0 Å². The van der Waals surface area contributed by atoms with Gasteiger partial charge in [0.25, 0.3) is 0 Å². The van der Waals surface area contributed by atoms with E-state index in [2.05, 4.69) is 10.4 Å². The molecule has 5 heteroatoms. The van der Waals surface area contributed by atoms with Gasteiger partial charge < -0.3 is 15.5 Å². The average Bonchev–Trinajstić information content (AvgIpc) is 2.96. The van der Waals surface area contributed by atoms with E-state index in [4.69, 9.17) is 5.11 Å². The summed E-state index contributed by atoms with van der Waals surface area (Å²) in [6, 6.07) is 9.94. The van der Waals surface area contributed by atoms with Crippen LogP contribution in [0.5, 0.6) is 0 Å². The van der Waals surface area contributed by atoms with Crippen LogP contribution in [-0.4, -0.2) is 38.7 Å². The van der Waals surface area contributed by atoms with E-state index in [-0.39, 0.29) is 12.6 Å². The Morgan fingerprint density at radius 2 is 2.05 bits per heavy atom. The molecule has 1 heterocycles. The van der Waals surface area contributed by atoms with Gasteiger partial charge in [0.2, 0.25) is 0 Å². The molecule has 1 aromatic heterocycles. The number of aromatic nitrogens is 2. The molecule has 0 aliphatic rings. The first-order valence-electron chi connectivity index (χ1n) is 6.68. The zero-order valence-corrected chi connectivity index (χ0v) is 11.8. The summed E-state index contributed by atoms with van der Waals surface area (Å²) in [5.74, 6) is 0. The molecule has 2 atom stereocenters. The smallest absolute Gasteiger partial charge is 0.0973 e. The van der Waals surface area contributed by atoms with Crippen LogP contribution in [0.25, 0.3) is 5.69 Å². The van der Waals surface area contributed by atoms with Crippen molar-refractivity contribution in [2.24, 2.45) is 0 Å². The maximum absolute atomic E-state index is 9.77. The lowest BCUT2D eigenvalue weighted by Crippen LogP contribution is -2.41. The maximum Gasteiger partial charge on any atom is 0.0973 e. The second-order valence-corrected chi connectivity index (χ2v) is 5.31. The topological polar surface area (TPSA) is 70.3 Å². The molecule has 1 aromatic carbocycles. The summed E-state index contributed by atoms with van der Waals surface area (Å²) in [5, 5.41) is 26.3. The minimum Gasteiger partial charge on any atom is -0.393 e. The minimum absolute atomic E-state index is 0.0467. The Morgan fingerprint density at radius 3 is 2.70 bits per heavy atom. The first-order chi connectivity index (χ1) is 9.52. The molecule has 0 fully saturated rings. The Labute approximate surface area is 118 Å². The van der Waals surface area contributed by atoms with E-state index in [1.165, 1.54) is 0 Å². The van der Waals surface area contributed by atoms with Gasteiger partial charge in [-0.3, -0.25) is 0 Å². The van der Waals surface area contributed by atoms with Crippen LogP contribution < -0.4 is 5.32 Å². The first-order valence-corrected chi connectivity index (χ1v) is 6.68. The van der Waals surface area contributed by atoms with E-state index in [9.17, 15) is 5.11 Å². The fourth-order valence-electron chi connectivity index (χ4n) is 1.83. The molecule has 0 aliphatic carbocycles. The Morgan fingerprint density at radius 1 is 1.35 bits per heavy atom. The summed E-state index contributed by atoms with van der Waals surface area (Å²) in [6.45, 7) is 3.65. The molecule has 2 aromatic rings. The number of benzene rings is 1. The molecule has 0 saturated carbocycles. The lowest BCUT2D eigenvalue weighted by molar-refractivity contribution is 0.00106. The predicted molar refractivity (Wildman–Crippen MR) is 77.7 cm³/mol. The Hall–Kier alpha value is -1.69. The van der Waals surface area contributed by atoms with Crippen molar-refractivity contribution in [2.45, 2.75) is 25.5 Å². The highest BCUT2D eigenvalue weighted by Crippen LogP contribution is 2.15. The molecule has 5 nitrogen and oxygen atoms in total. The molecule has 0 bridgehead atoms. The summed E-state index contributed by atoms with van der Waals surface area (Å²) in [5.41, 5.74) is 0.930. The molecule has 0 spiro atoms. The van der Waals surface area contributed by atoms with Crippen molar-refractivity contribution in [1.82, 2.24) is 15.1 Å². The molecule has 3 N–H and O–H groups in total. The zero-order chi connectivity index (χ0) is 14.6. The minimum atomic E-state index is -1.11. The molecule has 0 aliphatic heterocycles. The van der Waals surface area contributed by atoms with E-state index in [1.807, 2.05) is 48.1 Å². The van der Waals surface area contributed by atoms with Crippen molar-refractivity contribution >= 4 is 0 Å². The Kier molecular flexibility index (Phi) is 4.54. The van der Waals surface area contributed by atoms with Crippen LogP contribution in [0.1, 0.15) is 25.5 Å². The number of aliphatic hydroxyl groups is 2. The summed E-state index contributed by atoms with van der Waals surface area (Å²) in [7, 11) is 0. The molecule has 2 unspecified atom stereocenters. The van der Waals surface area contributed by atoms with Crippen LogP contribution >= 0.6 is 0 Å². The number of hydrogen-bond donors (Lipinski definition) is 3. The third kappa shape index (κ3) is 3.66. The van der Waals surface area contributed by atoms with E-state index in [0.29, 0.717) is 6.54 Å². The van der Waals surface area contributed by atoms with Crippen LogP contribution in [0, 0.1) is 0 Å². The first kappa shape index (κ1) is 14.7. The standard InChI is InChI=1S/C15H21N3O2/c1-12(16-10-15(2,20)11-19)13-8-17-18(9-13)14-6-4-3-5-7-14/h3-9,12,16,19-20H,10-11H2,1-2H3. The second-order valence-electron chi connectivity index (χ2n) is 5.31. The molecular formula is C15H21N3O2. The SMILES string of the molecule is CC(NCC(C)(O)CO)c1cnn(-c2ccccc2)c1. The highest BCUT2D eigenvalue weighted by Gasteiger charge is 2.20. The summed E-state index contributed by atoms with van der Waals surface area (Å²) in [6.07, 6.45) is 3.76. The third-order valence-electron chi connectivity index (χ3n) is 3.25. The van der Waals surface area contributed by atoms with Crippen molar-refractivity contribution < 1.29 is 10.2 Å². The summed E-state index contributed by atoms with van der Waals surface area (Å²) >= 11 is 0. The third-order valence-corrected chi connectivity index (χ3v) is 3.25. The quantitative estimate of drug-likeness (QED) is 0.742. The van der Waals surface area contributed by atoms with E-state index >= 15 is 0 Å². The average molecular weight is 275 g/mol. The largest absolute Gasteiger partial charge is 0.393 e. The Balaban J connectivity index is 2.02. The monoisotopic (exact) mass is 275 g/mol. The second kappa shape index (κ2) is 6.17. The fraction of sp³-hybridized carbons (Fsp3) is 0.400. The number of hydrogen-bond acceptors (Lipinski definition) is 4. The van der Waals surface area contributed by atoms with Crippen LogP contribution in [-0.2, 0) is 0 Å². The highest BCUT2D eigenvalue weighted by atomic mass is 16.3. The van der Waals surface area contributed by atoms with Crippen molar-refractivity contribution in [3.8, 4) is 5.69 Å². The Bertz CT molecular complexity index is 537. The number of nitrogens with one attached hydrogen (secondary N) is 1. The predicted octanol–water partition coefficient (Wildman–Crippen LogP) is 1.27. The highest BCUT2D eigenvalue weighted by molar-refractivity contribution is 5.31. The summed E-state index contributed by atoms with van der Waals surface area (Å²) < 4.78 is 1.82. The number of aliphatic hydroxyl groups excluding tert-OH is 1. The van der Waals surface area contributed by atoms with E-state index in [1.54, 1.807) is 13.1 Å². The normalized spacial score (nSPS) is 15.8. The van der Waals surface area contributed by atoms with Gasteiger partial charge in [-0.1, -0.05) is 18.2 Å². The molecule has 0 radical (unpaired) electrons. The van der Waals surface area contributed by atoms with E-state index < -0.39 is 5.60 Å². The van der Waals surface area contributed by atoms with E-state index in [0.717, 1.165) is 11.3 Å². The van der Waals surface area contributed by atoms with Gasteiger partial charge in [-0.25, -0.2) is 4.68 Å². The van der Waals surface area contributed by atoms with Crippen molar-refractivity contribution in [2.75, 3.05) is 13.2 Å². The molecule has 0 amide bonds. The zero-order valence-electron chi connectivity index (χ0n) is 11.8. The van der Waals surface area contributed by atoms with Gasteiger partial charge in [-0.05, 0) is 26.0 Å². The molecule has 108 valence electrons. The molecule has 0 saturated heterocycles. The van der Waals surface area contributed by atoms with Crippen LogP contribution in [0.4, 0.5) is 0 Å². The van der Waals surface area contributed by atoms with Gasteiger partial charge in [0, 0.05) is 24.3 Å². The van der Waals surface area contributed by atoms with Crippen LogP contribution in [0.15, 0.2) is 42.7 Å². The number of para-hydroxylation sites is 1. The van der Waals surface area contributed by atoms with Crippen LogP contribution in [0.2, 0.25) is 0 Å². The van der Waals surface area contributed by atoms with Crippen molar-refractivity contribution in [3.63, 3.8) is 0 Å². The maximum atomic E-state index is 9.77. The van der Waals surface area contributed by atoms with Gasteiger partial charge in [0.15, 0.2) is 0 Å². The van der Waals surface area contributed by atoms with Crippen molar-refractivity contribution in [3.05, 3.63) is 48.3 Å². The molecule has 2 rings (SSSR count). The lowest BCUT2D eigenvalue weighted by Gasteiger charge is -2.23. The van der Waals surface area contributed by atoms with Gasteiger partial charge >= 0.3 is 0 Å². The fourth-order valence-corrected chi connectivity index (χ4v) is 1.83. The lowest BCUT2D eigenvalue weighted by atomic mass is 10.1. The summed E-state index contributed by atoms with van der Waals surface area (Å²) in [4.78, 5) is 0. The van der Waals surface area contributed by atoms with Gasteiger partial charge in [0.05, 0.1) is 24.1 Å². The number of nitrogens with zero attached hydrogens (tertiary/aromatic N) is 2. The number of rotatable bonds is 6.